The minimum atomic E-state index is -4.53. The number of phosphoric acid groups is 1. The standard InChI is InChI=1S/C53H106NO7P/c1-6-8-10-12-14-16-18-20-22-23-24-25-26-27-28-29-30-31-32-34-36-38-40-42-44-46-53(55)61-52(51-60-62(56,57)59-49-47-54(3,4)5)50-58-48-45-43-41-39-37-35-33-21-19-17-15-13-11-9-7-2/h19,21,52H,6-18,20,22-51H2,1-5H3/b21-19-. The third-order valence-corrected chi connectivity index (χ3v) is 13.0. The van der Waals surface area contributed by atoms with E-state index in [1.165, 1.54) is 212 Å². The maximum Gasteiger partial charge on any atom is 0.306 e. The van der Waals surface area contributed by atoms with Crippen molar-refractivity contribution >= 4 is 13.8 Å². The molecule has 9 heteroatoms. The van der Waals surface area contributed by atoms with E-state index in [9.17, 15) is 14.3 Å². The van der Waals surface area contributed by atoms with Gasteiger partial charge in [-0.25, -0.2) is 0 Å². The molecule has 0 spiro atoms. The second kappa shape index (κ2) is 46.8. The number of unbranched alkanes of at least 4 members (excludes halogenated alkanes) is 35. The molecule has 0 aromatic carbocycles. The Bertz CT molecular complexity index is 1000. The number of rotatable bonds is 51. The van der Waals surface area contributed by atoms with Gasteiger partial charge in [-0.15, -0.1) is 0 Å². The van der Waals surface area contributed by atoms with E-state index < -0.39 is 13.9 Å². The molecule has 0 saturated heterocycles. The number of allylic oxidation sites excluding steroid dienone is 2. The highest BCUT2D eigenvalue weighted by Crippen LogP contribution is 2.38. The van der Waals surface area contributed by atoms with E-state index in [1.807, 2.05) is 21.1 Å². The number of carbonyl (C=O) groups is 1. The first-order valence-corrected chi connectivity index (χ1v) is 28.4. The van der Waals surface area contributed by atoms with Crippen LogP contribution in [0.15, 0.2) is 12.2 Å². The van der Waals surface area contributed by atoms with Crippen molar-refractivity contribution in [3.05, 3.63) is 12.2 Å². The maximum absolute atomic E-state index is 12.8. The van der Waals surface area contributed by atoms with Crippen LogP contribution >= 0.6 is 7.82 Å². The fourth-order valence-electron chi connectivity index (χ4n) is 7.90. The van der Waals surface area contributed by atoms with E-state index >= 15 is 0 Å². The molecule has 0 saturated carbocycles. The summed E-state index contributed by atoms with van der Waals surface area (Å²) in [7, 11) is 1.37. The molecule has 62 heavy (non-hydrogen) atoms. The molecule has 0 radical (unpaired) electrons. The van der Waals surface area contributed by atoms with Crippen molar-refractivity contribution in [1.82, 2.24) is 0 Å². The lowest BCUT2D eigenvalue weighted by Gasteiger charge is -2.28. The maximum atomic E-state index is 12.8. The van der Waals surface area contributed by atoms with Crippen LogP contribution in [0, 0.1) is 0 Å². The number of ether oxygens (including phenoxy) is 2. The first-order chi connectivity index (χ1) is 30.1. The summed E-state index contributed by atoms with van der Waals surface area (Å²) in [6, 6.07) is 0. The zero-order valence-electron chi connectivity index (χ0n) is 42.1. The fourth-order valence-corrected chi connectivity index (χ4v) is 8.63. The van der Waals surface area contributed by atoms with Crippen molar-refractivity contribution in [3.63, 3.8) is 0 Å². The lowest BCUT2D eigenvalue weighted by molar-refractivity contribution is -0.870. The van der Waals surface area contributed by atoms with Gasteiger partial charge in [-0.2, -0.15) is 0 Å². The minimum absolute atomic E-state index is 0.0285. The Morgan fingerprint density at radius 2 is 0.839 bits per heavy atom. The van der Waals surface area contributed by atoms with Crippen molar-refractivity contribution in [2.24, 2.45) is 0 Å². The number of likely N-dealkylation sites (N-methyl/N-ethyl adjacent to an activating group) is 1. The van der Waals surface area contributed by atoms with Gasteiger partial charge in [0.2, 0.25) is 0 Å². The molecule has 370 valence electrons. The molecule has 0 rings (SSSR count). The predicted molar refractivity (Wildman–Crippen MR) is 264 cm³/mol. The highest BCUT2D eigenvalue weighted by atomic mass is 31.2. The van der Waals surface area contributed by atoms with Crippen LogP contribution in [0.2, 0.25) is 0 Å². The van der Waals surface area contributed by atoms with Gasteiger partial charge in [0.1, 0.15) is 19.3 Å². The van der Waals surface area contributed by atoms with Gasteiger partial charge in [-0.05, 0) is 38.5 Å². The van der Waals surface area contributed by atoms with E-state index in [0.29, 0.717) is 24.1 Å². The summed E-state index contributed by atoms with van der Waals surface area (Å²) in [5, 5.41) is 0. The largest absolute Gasteiger partial charge is 0.756 e. The molecule has 0 amide bonds. The summed E-state index contributed by atoms with van der Waals surface area (Å²) in [6.45, 7) is 5.45. The quantitative estimate of drug-likeness (QED) is 0.0197. The van der Waals surface area contributed by atoms with Gasteiger partial charge in [0.25, 0.3) is 7.82 Å². The molecule has 0 fully saturated rings. The van der Waals surface area contributed by atoms with Crippen LogP contribution in [0.1, 0.15) is 264 Å². The molecular weight excluding hydrogens is 794 g/mol. The summed E-state index contributed by atoms with van der Waals surface area (Å²) in [5.41, 5.74) is 0. The number of hydrogen-bond donors (Lipinski definition) is 0. The van der Waals surface area contributed by atoms with Crippen LogP contribution in [0.25, 0.3) is 0 Å². The van der Waals surface area contributed by atoms with Crippen LogP contribution in [0.5, 0.6) is 0 Å². The average Bonchev–Trinajstić information content (AvgIpc) is 3.23. The Balaban J connectivity index is 4.02. The van der Waals surface area contributed by atoms with Gasteiger partial charge in [0.15, 0.2) is 0 Å². The molecule has 2 unspecified atom stereocenters. The zero-order chi connectivity index (χ0) is 45.5. The Kier molecular flexibility index (Phi) is 46.2. The second-order valence-corrected chi connectivity index (χ2v) is 21.0. The fraction of sp³-hybridized carbons (Fsp3) is 0.943. The summed E-state index contributed by atoms with van der Waals surface area (Å²) in [5.74, 6) is -0.329. The predicted octanol–water partition coefficient (Wildman–Crippen LogP) is 15.9. The number of nitrogens with zero attached hydrogens (tertiary/aromatic N) is 1. The molecular formula is C53H106NO7P. The first-order valence-electron chi connectivity index (χ1n) is 26.9. The highest BCUT2D eigenvalue weighted by Gasteiger charge is 2.20. The monoisotopic (exact) mass is 900 g/mol. The van der Waals surface area contributed by atoms with Crippen LogP contribution in [0.4, 0.5) is 0 Å². The topological polar surface area (TPSA) is 94.1 Å². The first kappa shape index (κ1) is 61.2. The van der Waals surface area contributed by atoms with Gasteiger partial charge in [0.05, 0.1) is 34.4 Å². The Morgan fingerprint density at radius 1 is 0.484 bits per heavy atom. The lowest BCUT2D eigenvalue weighted by atomic mass is 10.0. The molecule has 0 aliphatic carbocycles. The normalized spacial score (nSPS) is 13.6. The van der Waals surface area contributed by atoms with Crippen molar-refractivity contribution in [2.45, 2.75) is 270 Å². The van der Waals surface area contributed by atoms with E-state index in [4.69, 9.17) is 18.5 Å². The number of hydrogen-bond acceptors (Lipinski definition) is 7. The Labute approximate surface area is 386 Å². The van der Waals surface area contributed by atoms with E-state index in [-0.39, 0.29) is 25.8 Å². The Hall–Kier alpha value is -0.760. The summed E-state index contributed by atoms with van der Waals surface area (Å²) >= 11 is 0. The molecule has 2 atom stereocenters. The van der Waals surface area contributed by atoms with Crippen LogP contribution in [-0.4, -0.2) is 70.7 Å². The van der Waals surface area contributed by atoms with Gasteiger partial charge in [-0.3, -0.25) is 9.36 Å². The van der Waals surface area contributed by atoms with Crippen molar-refractivity contribution < 1.29 is 37.3 Å². The van der Waals surface area contributed by atoms with Crippen LogP contribution < -0.4 is 4.89 Å². The summed E-state index contributed by atoms with van der Waals surface area (Å²) < 4.78 is 34.8. The van der Waals surface area contributed by atoms with Crippen LogP contribution in [-0.2, 0) is 27.9 Å². The second-order valence-electron chi connectivity index (χ2n) is 19.6. The number of esters is 1. The molecule has 0 aliphatic rings. The summed E-state index contributed by atoms with van der Waals surface area (Å²) in [4.78, 5) is 25.2. The summed E-state index contributed by atoms with van der Waals surface area (Å²) in [6.07, 6.45) is 53.9. The zero-order valence-corrected chi connectivity index (χ0v) is 43.0. The van der Waals surface area contributed by atoms with E-state index in [2.05, 4.69) is 26.0 Å². The molecule has 0 aromatic rings. The minimum Gasteiger partial charge on any atom is -0.756 e. The molecule has 0 heterocycles. The number of quaternary nitrogens is 1. The number of carbonyl (C=O) groups excluding carboxylic acids is 1. The molecule has 0 aliphatic heterocycles. The van der Waals surface area contributed by atoms with Gasteiger partial charge in [0, 0.05) is 13.0 Å². The van der Waals surface area contributed by atoms with Crippen LogP contribution in [0.3, 0.4) is 0 Å². The van der Waals surface area contributed by atoms with Gasteiger partial charge < -0.3 is 27.9 Å². The number of phosphoric ester groups is 1. The smallest absolute Gasteiger partial charge is 0.306 e. The Morgan fingerprint density at radius 3 is 1.23 bits per heavy atom. The van der Waals surface area contributed by atoms with Crippen molar-refractivity contribution in [1.29, 1.82) is 0 Å². The lowest BCUT2D eigenvalue weighted by Crippen LogP contribution is -2.37. The van der Waals surface area contributed by atoms with Crippen molar-refractivity contribution in [2.75, 3.05) is 54.1 Å². The molecule has 0 N–H and O–H groups in total. The van der Waals surface area contributed by atoms with Gasteiger partial charge >= 0.3 is 5.97 Å². The third-order valence-electron chi connectivity index (χ3n) is 12.1. The van der Waals surface area contributed by atoms with E-state index in [1.54, 1.807) is 0 Å². The van der Waals surface area contributed by atoms with Gasteiger partial charge in [-0.1, -0.05) is 231 Å². The molecule has 8 nitrogen and oxygen atoms in total. The van der Waals surface area contributed by atoms with Crippen molar-refractivity contribution in [3.8, 4) is 0 Å². The highest BCUT2D eigenvalue weighted by molar-refractivity contribution is 7.45. The third kappa shape index (κ3) is 50.2. The average molecular weight is 900 g/mol. The van der Waals surface area contributed by atoms with E-state index in [0.717, 1.165) is 32.1 Å². The molecule has 0 bridgehead atoms. The SMILES string of the molecule is CCCCCCC/C=C\CCCCCCCCOCC(COP(=O)([O-])OCC[N+](C)(C)C)OC(=O)CCCCCCCCCCCCCCCCCCCCCCCCCCC. The molecule has 0 aromatic heterocycles.